The maximum absolute atomic E-state index is 9.81. The Morgan fingerprint density at radius 1 is 0.773 bits per heavy atom. The van der Waals surface area contributed by atoms with Crippen LogP contribution in [0.5, 0.6) is 0 Å². The van der Waals surface area contributed by atoms with Gasteiger partial charge in [-0.1, -0.05) is 42.5 Å². The zero-order valence-electron chi connectivity index (χ0n) is 15.2. The van der Waals surface area contributed by atoms with Crippen molar-refractivity contribution in [2.45, 2.75) is 103 Å². The number of carbonyl (C=O) groups excluding carboxylic acids is 3. The van der Waals surface area contributed by atoms with Crippen LogP contribution in [0.1, 0.15) is 96.9 Å². The first-order chi connectivity index (χ1) is 9.00. The number of Topliss-reactive ketones (excluding diaryl/α,β-unsaturated/α-hetero) is 3. The molecule has 140 valence electrons. The summed E-state index contributed by atoms with van der Waals surface area (Å²) in [6.45, 7) is 17.4. The van der Waals surface area contributed by atoms with Gasteiger partial charge in [0.1, 0.15) is 17.3 Å². The van der Waals surface area contributed by atoms with Crippen molar-refractivity contribution >= 4 is 17.3 Å². The molecule has 4 heteroatoms. The Kier molecular flexibility index (Phi) is 83.2. The molecule has 0 bridgehead atoms. The van der Waals surface area contributed by atoms with Crippen LogP contribution in [-0.2, 0) is 14.4 Å². The van der Waals surface area contributed by atoms with Gasteiger partial charge >= 0.3 is 0 Å². The van der Waals surface area contributed by atoms with E-state index in [-0.39, 0.29) is 38.3 Å². The fraction of sp³-hybridized carbons (Fsp3) is 0.833. The first-order valence-corrected chi connectivity index (χ1v) is 7.15. The summed E-state index contributed by atoms with van der Waals surface area (Å²) in [5, 5.41) is 8.06. The van der Waals surface area contributed by atoms with Crippen molar-refractivity contribution in [3.8, 4) is 0 Å². The van der Waals surface area contributed by atoms with Crippen LogP contribution < -0.4 is 0 Å². The molecule has 1 N–H and O–H groups in total. The molecule has 0 amide bonds. The molecule has 0 aliphatic rings. The van der Waals surface area contributed by atoms with E-state index in [1.165, 1.54) is 13.8 Å². The van der Waals surface area contributed by atoms with Gasteiger partial charge in [0.15, 0.2) is 0 Å². The van der Waals surface area contributed by atoms with E-state index in [9.17, 15) is 14.4 Å². The third-order valence-corrected chi connectivity index (χ3v) is 0.996. The molecule has 0 aliphatic carbocycles. The molecule has 0 radical (unpaired) electrons. The largest absolute Gasteiger partial charge is 0.394 e. The molecule has 0 aliphatic heterocycles. The second-order valence-corrected chi connectivity index (χ2v) is 4.11. The van der Waals surface area contributed by atoms with Crippen LogP contribution in [-0.4, -0.2) is 28.6 Å². The molecule has 0 fully saturated rings. The maximum Gasteiger partial charge on any atom is 0.129 e. The number of aliphatic hydroxyl groups excluding tert-OH is 1. The van der Waals surface area contributed by atoms with E-state index >= 15 is 0 Å². The second-order valence-electron chi connectivity index (χ2n) is 4.11. The first-order valence-electron chi connectivity index (χ1n) is 7.15. The lowest BCUT2D eigenvalue weighted by atomic mass is 10.4. The number of carbonyl (C=O) groups is 3. The molecular formula is C18H44O4. The number of ketones is 3. The van der Waals surface area contributed by atoms with E-state index in [1.54, 1.807) is 27.7 Å². The number of hydrogen-bond donors (Lipinski definition) is 1. The monoisotopic (exact) mass is 324 g/mol. The Labute approximate surface area is 140 Å². The zero-order valence-corrected chi connectivity index (χ0v) is 15.2. The maximum atomic E-state index is 9.81. The molecule has 0 saturated carbocycles. The molecule has 4 nitrogen and oxygen atoms in total. The van der Waals surface area contributed by atoms with Gasteiger partial charge in [0.2, 0.25) is 0 Å². The molecule has 0 atom stereocenters. The average Bonchev–Trinajstić information content (AvgIpc) is 2.30. The highest BCUT2D eigenvalue weighted by Gasteiger charge is 1.77. The summed E-state index contributed by atoms with van der Waals surface area (Å²) >= 11 is 0. The SMILES string of the molecule is C.C.CC.CC(C)=O.CC(C)O.CCC(C)=O.CCC(C)=O. The van der Waals surface area contributed by atoms with Crippen molar-refractivity contribution in [1.82, 2.24) is 0 Å². The minimum Gasteiger partial charge on any atom is -0.394 e. The lowest BCUT2D eigenvalue weighted by Gasteiger charge is -1.80. The van der Waals surface area contributed by atoms with Crippen LogP contribution in [0.15, 0.2) is 0 Å². The van der Waals surface area contributed by atoms with Crippen molar-refractivity contribution in [1.29, 1.82) is 0 Å². The summed E-state index contributed by atoms with van der Waals surface area (Å²) in [5.74, 6) is 0.676. The van der Waals surface area contributed by atoms with E-state index in [2.05, 4.69) is 0 Å². The minimum absolute atomic E-state index is 0. The Bertz CT molecular complexity index is 188. The highest BCUT2D eigenvalue weighted by molar-refractivity contribution is 5.75. The summed E-state index contributed by atoms with van der Waals surface area (Å²) < 4.78 is 0. The average molecular weight is 325 g/mol. The fourth-order valence-corrected chi connectivity index (χ4v) is 0. The molecule has 0 heterocycles. The van der Waals surface area contributed by atoms with Crippen LogP contribution in [0.3, 0.4) is 0 Å². The van der Waals surface area contributed by atoms with Crippen molar-refractivity contribution in [3.63, 3.8) is 0 Å². The lowest BCUT2D eigenvalue weighted by Crippen LogP contribution is -1.85. The quantitative estimate of drug-likeness (QED) is 0.752. The van der Waals surface area contributed by atoms with Gasteiger partial charge in [0.25, 0.3) is 0 Å². The molecule has 22 heavy (non-hydrogen) atoms. The van der Waals surface area contributed by atoms with Gasteiger partial charge in [-0.2, -0.15) is 0 Å². The Balaban J connectivity index is -0.0000000256. The summed E-state index contributed by atoms with van der Waals surface area (Å²) in [4.78, 5) is 29.1. The standard InChI is InChI=1S/2C4H8O.C3H8O.C3H6O.C2H6.2CH4/c2*1-3-4(2)5;2*1-3(2)4;1-2;;/h2*3H2,1-2H3;3-4H,1-2H3;1-2H3;1-2H3;2*1H4. The summed E-state index contributed by atoms with van der Waals surface area (Å²) in [5.41, 5.74) is 0. The zero-order chi connectivity index (χ0) is 17.7. The van der Waals surface area contributed by atoms with E-state index in [1.807, 2.05) is 27.7 Å². The number of aliphatic hydroxyl groups is 1. The normalized spacial score (nSPS) is 6.55. The minimum atomic E-state index is -0.167. The molecule has 0 aromatic rings. The molecule has 0 aromatic heterocycles. The summed E-state index contributed by atoms with van der Waals surface area (Å²) in [6, 6.07) is 0. The van der Waals surface area contributed by atoms with Crippen LogP contribution >= 0.6 is 0 Å². The Morgan fingerprint density at radius 3 is 0.818 bits per heavy atom. The van der Waals surface area contributed by atoms with Gasteiger partial charge in [-0.05, 0) is 41.5 Å². The lowest BCUT2D eigenvalue weighted by molar-refractivity contribution is -0.117. The van der Waals surface area contributed by atoms with E-state index in [4.69, 9.17) is 5.11 Å². The Hall–Kier alpha value is -1.03. The molecule has 0 aromatic carbocycles. The predicted octanol–water partition coefficient (Wildman–Crippen LogP) is 5.25. The van der Waals surface area contributed by atoms with Crippen LogP contribution in [0.4, 0.5) is 0 Å². The Morgan fingerprint density at radius 2 is 0.818 bits per heavy atom. The first kappa shape index (κ1) is 42.9. The van der Waals surface area contributed by atoms with Gasteiger partial charge in [0.05, 0.1) is 0 Å². The van der Waals surface area contributed by atoms with E-state index < -0.39 is 0 Å². The molecule has 0 spiro atoms. The van der Waals surface area contributed by atoms with Crippen LogP contribution in [0.25, 0.3) is 0 Å². The van der Waals surface area contributed by atoms with E-state index in [0.717, 1.165) is 0 Å². The van der Waals surface area contributed by atoms with Crippen molar-refractivity contribution < 1.29 is 19.5 Å². The fourth-order valence-electron chi connectivity index (χ4n) is 0. The van der Waals surface area contributed by atoms with Crippen molar-refractivity contribution in [2.24, 2.45) is 0 Å². The molecular weight excluding hydrogens is 280 g/mol. The van der Waals surface area contributed by atoms with Crippen LogP contribution in [0.2, 0.25) is 0 Å². The third-order valence-electron chi connectivity index (χ3n) is 0.996. The van der Waals surface area contributed by atoms with Gasteiger partial charge < -0.3 is 19.5 Å². The smallest absolute Gasteiger partial charge is 0.129 e. The molecule has 0 rings (SSSR count). The highest BCUT2D eigenvalue weighted by Crippen LogP contribution is 1.72. The van der Waals surface area contributed by atoms with Crippen molar-refractivity contribution in [2.75, 3.05) is 0 Å². The number of hydrogen-bond acceptors (Lipinski definition) is 4. The molecule has 0 unspecified atom stereocenters. The predicted molar refractivity (Wildman–Crippen MR) is 100 cm³/mol. The topological polar surface area (TPSA) is 71.4 Å². The van der Waals surface area contributed by atoms with Gasteiger partial charge in [-0.15, -0.1) is 0 Å². The van der Waals surface area contributed by atoms with Gasteiger partial charge in [-0.3, -0.25) is 0 Å². The molecule has 0 saturated heterocycles. The second kappa shape index (κ2) is 42.7. The highest BCUT2D eigenvalue weighted by atomic mass is 16.3. The third kappa shape index (κ3) is 694. The summed E-state index contributed by atoms with van der Waals surface area (Å²) in [6.07, 6.45) is 1.17. The van der Waals surface area contributed by atoms with Crippen LogP contribution in [0, 0.1) is 0 Å². The number of rotatable bonds is 2. The van der Waals surface area contributed by atoms with Gasteiger partial charge in [0, 0.05) is 18.9 Å². The van der Waals surface area contributed by atoms with Crippen molar-refractivity contribution in [3.05, 3.63) is 0 Å². The summed E-state index contributed by atoms with van der Waals surface area (Å²) in [7, 11) is 0. The van der Waals surface area contributed by atoms with Gasteiger partial charge in [-0.25, -0.2) is 0 Å². The van der Waals surface area contributed by atoms with E-state index in [0.29, 0.717) is 12.8 Å².